The van der Waals surface area contributed by atoms with Gasteiger partial charge in [0, 0.05) is 23.2 Å². The van der Waals surface area contributed by atoms with Gasteiger partial charge in [-0.15, -0.1) is 5.10 Å². The number of carboxylic acid groups (broad SMARTS) is 1. The first-order valence-electron chi connectivity index (χ1n) is 13.7. The molecule has 0 bridgehead atoms. The van der Waals surface area contributed by atoms with Gasteiger partial charge in [-0.2, -0.15) is 0 Å². The Morgan fingerprint density at radius 1 is 1.18 bits per heavy atom. The van der Waals surface area contributed by atoms with E-state index in [1.807, 2.05) is 32.2 Å². The SMILES string of the molecule is CC#CC(=O)N(c1ccc2c(n1)c(OC1CCC(C(=O)O)CC1)nn2C)c1cc(C)c(I)cc1N1CCC[C@H]1C. The lowest BCUT2D eigenvalue weighted by atomic mass is 9.87. The van der Waals surface area contributed by atoms with Crippen LogP contribution < -0.4 is 14.5 Å². The first-order chi connectivity index (χ1) is 19.2. The molecule has 2 aliphatic rings. The molecular formula is C30H34IN5O4. The fraction of sp³-hybridized carbons (Fsp3) is 0.467. The molecule has 3 aromatic rings. The van der Waals surface area contributed by atoms with Crippen molar-refractivity contribution in [1.82, 2.24) is 14.8 Å². The first kappa shape index (κ1) is 28.2. The summed E-state index contributed by atoms with van der Waals surface area (Å²) in [6, 6.07) is 8.28. The number of carbonyl (C=O) groups excluding carboxylic acids is 1. The molecule has 40 heavy (non-hydrogen) atoms. The Morgan fingerprint density at radius 2 is 1.93 bits per heavy atom. The van der Waals surface area contributed by atoms with Gasteiger partial charge in [-0.1, -0.05) is 5.92 Å². The van der Waals surface area contributed by atoms with Crippen LogP contribution in [0.15, 0.2) is 24.3 Å². The molecule has 3 heterocycles. The summed E-state index contributed by atoms with van der Waals surface area (Å²) >= 11 is 2.35. The third-order valence-electron chi connectivity index (χ3n) is 7.98. The molecule has 1 aliphatic carbocycles. The number of fused-ring (bicyclic) bond motifs is 1. The molecule has 10 heteroatoms. The number of aromatic nitrogens is 3. The molecule has 9 nitrogen and oxygen atoms in total. The number of amides is 1. The van der Waals surface area contributed by atoms with Gasteiger partial charge in [-0.25, -0.2) is 4.98 Å². The maximum atomic E-state index is 13.6. The Morgan fingerprint density at radius 3 is 2.58 bits per heavy atom. The Bertz CT molecular complexity index is 1520. The molecular weight excluding hydrogens is 621 g/mol. The number of anilines is 3. The summed E-state index contributed by atoms with van der Waals surface area (Å²) in [6.45, 7) is 6.84. The lowest BCUT2D eigenvalue weighted by Crippen LogP contribution is -2.31. The summed E-state index contributed by atoms with van der Waals surface area (Å²) in [4.78, 5) is 33.9. The molecule has 0 spiro atoms. The fourth-order valence-electron chi connectivity index (χ4n) is 5.74. The van der Waals surface area contributed by atoms with Crippen LogP contribution in [0.25, 0.3) is 11.0 Å². The highest BCUT2D eigenvalue weighted by Crippen LogP contribution is 2.41. The molecule has 1 aromatic carbocycles. The number of carbonyl (C=O) groups is 2. The highest BCUT2D eigenvalue weighted by atomic mass is 127. The van der Waals surface area contributed by atoms with Crippen LogP contribution in [0.2, 0.25) is 0 Å². The topological polar surface area (TPSA) is 101 Å². The second-order valence-electron chi connectivity index (χ2n) is 10.7. The van der Waals surface area contributed by atoms with Crippen molar-refractivity contribution in [3.8, 4) is 17.7 Å². The third kappa shape index (κ3) is 5.48. The van der Waals surface area contributed by atoms with Gasteiger partial charge < -0.3 is 14.7 Å². The van der Waals surface area contributed by atoms with Crippen molar-refractivity contribution in [1.29, 1.82) is 0 Å². The van der Waals surface area contributed by atoms with Crippen molar-refractivity contribution < 1.29 is 19.4 Å². The molecule has 1 atom stereocenters. The molecule has 210 valence electrons. The van der Waals surface area contributed by atoms with E-state index in [2.05, 4.69) is 57.4 Å². The van der Waals surface area contributed by atoms with Gasteiger partial charge in [0.2, 0.25) is 0 Å². The zero-order valence-electron chi connectivity index (χ0n) is 23.3. The number of hydrogen-bond donors (Lipinski definition) is 1. The van der Waals surface area contributed by atoms with Crippen molar-refractivity contribution in [3.63, 3.8) is 0 Å². The third-order valence-corrected chi connectivity index (χ3v) is 9.14. The van der Waals surface area contributed by atoms with E-state index in [1.54, 1.807) is 16.5 Å². The quantitative estimate of drug-likeness (QED) is 0.274. The zero-order valence-corrected chi connectivity index (χ0v) is 25.4. The van der Waals surface area contributed by atoms with Crippen LogP contribution in [0.5, 0.6) is 5.88 Å². The minimum absolute atomic E-state index is 0.134. The van der Waals surface area contributed by atoms with E-state index in [4.69, 9.17) is 9.72 Å². The number of aliphatic carboxylic acids is 1. The maximum absolute atomic E-state index is 13.6. The predicted molar refractivity (Wildman–Crippen MR) is 163 cm³/mol. The van der Waals surface area contributed by atoms with Gasteiger partial charge in [0.1, 0.15) is 11.9 Å². The lowest BCUT2D eigenvalue weighted by Gasteiger charge is -2.31. The van der Waals surface area contributed by atoms with E-state index in [1.165, 1.54) is 0 Å². The number of ether oxygens (including phenoxy) is 1. The molecule has 1 N–H and O–H groups in total. The summed E-state index contributed by atoms with van der Waals surface area (Å²) in [7, 11) is 1.83. The number of pyridine rings is 1. The largest absolute Gasteiger partial charge is 0.481 e. The molecule has 1 amide bonds. The van der Waals surface area contributed by atoms with Crippen molar-refractivity contribution in [2.24, 2.45) is 13.0 Å². The highest BCUT2D eigenvalue weighted by Gasteiger charge is 2.31. The normalized spacial score (nSPS) is 20.7. The number of nitrogens with zero attached hydrogens (tertiary/aromatic N) is 5. The van der Waals surface area contributed by atoms with Crippen LogP contribution in [-0.2, 0) is 16.6 Å². The Hall–Kier alpha value is -3.33. The first-order valence-corrected chi connectivity index (χ1v) is 14.8. The Labute approximate surface area is 248 Å². The smallest absolute Gasteiger partial charge is 0.308 e. The van der Waals surface area contributed by atoms with Gasteiger partial charge in [0.05, 0.1) is 22.8 Å². The van der Waals surface area contributed by atoms with Gasteiger partial charge in [-0.3, -0.25) is 19.2 Å². The van der Waals surface area contributed by atoms with Crippen molar-refractivity contribution >= 4 is 62.7 Å². The number of benzene rings is 1. The van der Waals surface area contributed by atoms with E-state index in [0.29, 0.717) is 48.9 Å². The monoisotopic (exact) mass is 655 g/mol. The van der Waals surface area contributed by atoms with E-state index < -0.39 is 5.97 Å². The summed E-state index contributed by atoms with van der Waals surface area (Å²) in [5.41, 5.74) is 4.15. The molecule has 1 aliphatic heterocycles. The molecule has 2 aromatic heterocycles. The molecule has 5 rings (SSSR count). The molecule has 0 radical (unpaired) electrons. The summed E-state index contributed by atoms with van der Waals surface area (Å²) in [5, 5.41) is 13.9. The molecule has 1 saturated carbocycles. The molecule has 1 saturated heterocycles. The van der Waals surface area contributed by atoms with E-state index in [9.17, 15) is 14.7 Å². The van der Waals surface area contributed by atoms with Crippen molar-refractivity contribution in [2.45, 2.75) is 71.4 Å². The lowest BCUT2D eigenvalue weighted by molar-refractivity contribution is -0.143. The van der Waals surface area contributed by atoms with Crippen molar-refractivity contribution in [3.05, 3.63) is 33.4 Å². The number of halogens is 1. The highest BCUT2D eigenvalue weighted by molar-refractivity contribution is 14.1. The van der Waals surface area contributed by atoms with Crippen LogP contribution in [-0.4, -0.2) is 50.4 Å². The minimum Gasteiger partial charge on any atom is -0.481 e. The Kier molecular flexibility index (Phi) is 8.21. The van der Waals surface area contributed by atoms with Crippen LogP contribution >= 0.6 is 22.6 Å². The zero-order chi connectivity index (χ0) is 28.6. The summed E-state index contributed by atoms with van der Waals surface area (Å²) in [6.07, 6.45) is 4.50. The Balaban J connectivity index is 1.57. The fourth-order valence-corrected chi connectivity index (χ4v) is 6.19. The standard InChI is InChI=1S/C30H34IN5O4/c1-5-7-27(37)36(25-16-18(2)22(31)17-24(25)35-15-6-8-19(35)3)26-14-13-23-28(32-26)29(33-34(23)4)40-21-11-9-20(10-12-21)30(38)39/h13-14,16-17,19-21H,6,8-12,15H2,1-4H3,(H,38,39)/t19-,20?,21?/m1/s1. The summed E-state index contributed by atoms with van der Waals surface area (Å²) < 4.78 is 9.14. The average Bonchev–Trinajstić information content (AvgIpc) is 3.49. The average molecular weight is 656 g/mol. The summed E-state index contributed by atoms with van der Waals surface area (Å²) in [5.74, 6) is 4.89. The molecule has 2 fully saturated rings. The second-order valence-corrected chi connectivity index (χ2v) is 11.8. The number of rotatable bonds is 6. The minimum atomic E-state index is -0.749. The van der Waals surface area contributed by atoms with Gasteiger partial charge in [0.25, 0.3) is 5.88 Å². The van der Waals surface area contributed by atoms with Gasteiger partial charge in [0.15, 0.2) is 5.52 Å². The van der Waals surface area contributed by atoms with Gasteiger partial charge >= 0.3 is 11.9 Å². The van der Waals surface area contributed by atoms with Crippen molar-refractivity contribution in [2.75, 3.05) is 16.3 Å². The van der Waals surface area contributed by atoms with E-state index >= 15 is 0 Å². The maximum Gasteiger partial charge on any atom is 0.308 e. The number of carboxylic acids is 1. The number of aryl methyl sites for hydroxylation is 2. The van der Waals surface area contributed by atoms with E-state index in [0.717, 1.165) is 45.4 Å². The van der Waals surface area contributed by atoms with Crippen LogP contribution in [0, 0.1) is 28.3 Å². The van der Waals surface area contributed by atoms with Crippen LogP contribution in [0.3, 0.4) is 0 Å². The second kappa shape index (κ2) is 11.6. The predicted octanol–water partition coefficient (Wildman–Crippen LogP) is 5.58. The molecule has 0 unspecified atom stereocenters. The van der Waals surface area contributed by atoms with Gasteiger partial charge in [-0.05, 0) is 118 Å². The van der Waals surface area contributed by atoms with Crippen LogP contribution in [0.1, 0.15) is 57.9 Å². The van der Waals surface area contributed by atoms with Crippen LogP contribution in [0.4, 0.5) is 17.2 Å². The van der Waals surface area contributed by atoms with E-state index in [-0.39, 0.29) is 17.9 Å². The number of hydrogen-bond acceptors (Lipinski definition) is 6.